The zero-order valence-electron chi connectivity index (χ0n) is 28.6. The summed E-state index contributed by atoms with van der Waals surface area (Å²) in [4.78, 5) is 68.2. The second-order valence-corrected chi connectivity index (χ2v) is 13.5. The molecule has 1 heterocycles. The van der Waals surface area contributed by atoms with Gasteiger partial charge in [-0.15, -0.1) is 0 Å². The lowest BCUT2D eigenvalue weighted by Gasteiger charge is -2.35. The fourth-order valence-electron chi connectivity index (χ4n) is 6.05. The molecule has 268 valence electrons. The summed E-state index contributed by atoms with van der Waals surface area (Å²) in [6, 6.07) is 1.96. The second-order valence-electron chi connectivity index (χ2n) is 13.5. The van der Waals surface area contributed by atoms with Crippen LogP contribution in [0.15, 0.2) is 24.3 Å². The Labute approximate surface area is 282 Å². The van der Waals surface area contributed by atoms with Gasteiger partial charge in [0.25, 0.3) is 0 Å². The number of likely N-dealkylation sites (tertiary alicyclic amines) is 1. The van der Waals surface area contributed by atoms with Crippen molar-refractivity contribution in [1.29, 1.82) is 0 Å². The maximum Gasteiger partial charge on any atom is 0.408 e. The minimum atomic E-state index is -0.997. The third-order valence-corrected chi connectivity index (χ3v) is 8.44. The van der Waals surface area contributed by atoms with Crippen LogP contribution in [0.3, 0.4) is 0 Å². The first-order valence-electron chi connectivity index (χ1n) is 17.0. The number of amides is 5. The maximum atomic E-state index is 14.2. The second kappa shape index (κ2) is 18.7. The zero-order chi connectivity index (χ0) is 35.3. The molecule has 1 aliphatic carbocycles. The molecule has 0 radical (unpaired) electrons. The molecule has 1 saturated carbocycles. The number of nitrogens with zero attached hydrogens (tertiary/aromatic N) is 1. The van der Waals surface area contributed by atoms with Gasteiger partial charge in [0.05, 0.1) is 13.2 Å². The number of nitrogens with one attached hydrogen (secondary N) is 4. The fourth-order valence-corrected chi connectivity index (χ4v) is 6.05. The van der Waals surface area contributed by atoms with E-state index in [0.29, 0.717) is 38.1 Å². The number of carbonyl (C=O) groups excluding carboxylic acids is 5. The van der Waals surface area contributed by atoms with Crippen molar-refractivity contribution in [1.82, 2.24) is 26.2 Å². The van der Waals surface area contributed by atoms with E-state index in [1.165, 1.54) is 24.0 Å². The molecule has 0 unspecified atom stereocenters. The van der Waals surface area contributed by atoms with E-state index in [-0.39, 0.29) is 31.4 Å². The molecule has 0 aromatic heterocycles. The summed E-state index contributed by atoms with van der Waals surface area (Å²) in [5, 5.41) is 11.0. The molecule has 13 nitrogen and oxygen atoms in total. The van der Waals surface area contributed by atoms with E-state index in [1.54, 1.807) is 32.9 Å². The number of hydrogen-bond acceptors (Lipinski definition) is 8. The smallest absolute Gasteiger partial charge is 0.408 e. The van der Waals surface area contributed by atoms with E-state index in [0.717, 1.165) is 32.1 Å². The van der Waals surface area contributed by atoms with Crippen molar-refractivity contribution in [2.75, 3.05) is 32.8 Å². The number of nitrogens with two attached hydrogens (primary N) is 1. The van der Waals surface area contributed by atoms with Crippen molar-refractivity contribution in [3.63, 3.8) is 0 Å². The Morgan fingerprint density at radius 2 is 1.62 bits per heavy atom. The Morgan fingerprint density at radius 1 is 0.938 bits per heavy atom. The molecule has 0 bridgehead atoms. The van der Waals surface area contributed by atoms with Gasteiger partial charge in [0, 0.05) is 26.1 Å². The summed E-state index contributed by atoms with van der Waals surface area (Å²) < 4.78 is 24.2. The van der Waals surface area contributed by atoms with Crippen LogP contribution in [-0.2, 0) is 35.1 Å². The number of alkyl carbamates (subject to hydrolysis) is 1. The molecule has 4 atom stereocenters. The highest BCUT2D eigenvalue weighted by molar-refractivity contribution is 5.95. The number of benzene rings is 1. The van der Waals surface area contributed by atoms with Crippen LogP contribution in [0.5, 0.6) is 0 Å². The van der Waals surface area contributed by atoms with Crippen LogP contribution >= 0.6 is 0 Å². The third kappa shape index (κ3) is 12.3. The average Bonchev–Trinajstić information content (AvgIpc) is 3.53. The normalized spacial score (nSPS) is 18.7. The van der Waals surface area contributed by atoms with Crippen LogP contribution in [0.4, 0.5) is 9.18 Å². The minimum Gasteiger partial charge on any atom is -0.444 e. The number of carbonyl (C=O) groups is 5. The SMILES string of the molecule is C[C@H](NC(=O)OC(C)(C)C)C(=O)N[C@H](C(=O)N1CCC[C@H]1C(=O)N[C@@H](Cc1ccc(F)cc1)C(=O)NCCOCCN)C1CCCCC1. The predicted molar refractivity (Wildman–Crippen MR) is 177 cm³/mol. The Bertz CT molecular complexity index is 1240. The van der Waals surface area contributed by atoms with Crippen LogP contribution in [0.1, 0.15) is 78.2 Å². The van der Waals surface area contributed by atoms with Gasteiger partial charge in [-0.25, -0.2) is 9.18 Å². The first-order chi connectivity index (χ1) is 22.8. The summed E-state index contributed by atoms with van der Waals surface area (Å²) >= 11 is 0. The fraction of sp³-hybridized carbons (Fsp3) is 0.676. The molecule has 48 heavy (non-hydrogen) atoms. The molecule has 1 saturated heterocycles. The van der Waals surface area contributed by atoms with Gasteiger partial charge < -0.3 is 41.4 Å². The van der Waals surface area contributed by atoms with Crippen molar-refractivity contribution in [2.24, 2.45) is 11.7 Å². The van der Waals surface area contributed by atoms with E-state index in [9.17, 15) is 28.4 Å². The van der Waals surface area contributed by atoms with Crippen LogP contribution in [0, 0.1) is 11.7 Å². The minimum absolute atomic E-state index is 0.103. The summed E-state index contributed by atoms with van der Waals surface area (Å²) in [7, 11) is 0. The van der Waals surface area contributed by atoms with Gasteiger partial charge in [-0.05, 0) is 77.0 Å². The molecule has 2 aliphatic rings. The van der Waals surface area contributed by atoms with Crippen molar-refractivity contribution in [2.45, 2.75) is 109 Å². The van der Waals surface area contributed by atoms with E-state index >= 15 is 0 Å². The summed E-state index contributed by atoms with van der Waals surface area (Å²) in [6.45, 7) is 8.12. The molecule has 1 aromatic rings. The van der Waals surface area contributed by atoms with E-state index < -0.39 is 59.4 Å². The van der Waals surface area contributed by atoms with Gasteiger partial charge in [-0.2, -0.15) is 0 Å². The molecule has 14 heteroatoms. The highest BCUT2D eigenvalue weighted by Gasteiger charge is 2.42. The Balaban J connectivity index is 1.74. The zero-order valence-corrected chi connectivity index (χ0v) is 28.6. The average molecular weight is 677 g/mol. The monoisotopic (exact) mass is 676 g/mol. The first kappa shape index (κ1) is 38.7. The summed E-state index contributed by atoms with van der Waals surface area (Å²) in [5.74, 6) is -2.39. The maximum absolute atomic E-state index is 14.2. The topological polar surface area (TPSA) is 181 Å². The molecular formula is C34H53FN6O7. The van der Waals surface area contributed by atoms with Crippen LogP contribution in [0.2, 0.25) is 0 Å². The lowest BCUT2D eigenvalue weighted by Crippen LogP contribution is -2.59. The van der Waals surface area contributed by atoms with Gasteiger partial charge in [0.1, 0.15) is 35.6 Å². The van der Waals surface area contributed by atoms with Crippen molar-refractivity contribution in [3.05, 3.63) is 35.6 Å². The lowest BCUT2D eigenvalue weighted by molar-refractivity contribution is -0.143. The number of rotatable bonds is 15. The number of ether oxygens (including phenoxy) is 2. The van der Waals surface area contributed by atoms with Crippen LogP contribution < -0.4 is 27.0 Å². The van der Waals surface area contributed by atoms with Gasteiger partial charge >= 0.3 is 6.09 Å². The Morgan fingerprint density at radius 3 is 2.27 bits per heavy atom. The molecule has 1 aliphatic heterocycles. The number of halogens is 1. The highest BCUT2D eigenvalue weighted by atomic mass is 19.1. The van der Waals surface area contributed by atoms with Crippen molar-refractivity contribution >= 4 is 29.7 Å². The quantitative estimate of drug-likeness (QED) is 0.175. The first-order valence-corrected chi connectivity index (χ1v) is 17.0. The summed E-state index contributed by atoms with van der Waals surface area (Å²) in [6.07, 6.45) is 4.66. The lowest BCUT2D eigenvalue weighted by atomic mass is 9.83. The summed E-state index contributed by atoms with van der Waals surface area (Å²) in [5.41, 5.74) is 5.34. The van der Waals surface area contributed by atoms with E-state index in [1.807, 2.05) is 0 Å². The van der Waals surface area contributed by atoms with Gasteiger partial charge in [0.2, 0.25) is 23.6 Å². The standard InChI is InChI=1S/C34H53FN6O7/c1-22(38-33(46)48-34(2,3)4)29(42)40-28(24-9-6-5-7-10-24)32(45)41-18-8-11-27(41)31(44)39-26(21-23-12-14-25(35)15-13-23)30(43)37-17-20-47-19-16-36/h12-15,22,24,26-28H,5-11,16-21,36H2,1-4H3,(H,37,43)(H,38,46)(H,39,44)(H,40,42)/t22-,26-,27-,28-/m0/s1. The Kier molecular flexibility index (Phi) is 15.0. The molecule has 0 spiro atoms. The highest BCUT2D eigenvalue weighted by Crippen LogP contribution is 2.29. The van der Waals surface area contributed by atoms with Gasteiger partial charge in [-0.1, -0.05) is 31.4 Å². The molecule has 5 amide bonds. The third-order valence-electron chi connectivity index (χ3n) is 8.44. The largest absolute Gasteiger partial charge is 0.444 e. The Hall–Kier alpha value is -3.78. The molecule has 3 rings (SSSR count). The molecule has 2 fully saturated rings. The van der Waals surface area contributed by atoms with Gasteiger partial charge in [0.15, 0.2) is 0 Å². The van der Waals surface area contributed by atoms with E-state index in [2.05, 4.69) is 21.3 Å². The molecular weight excluding hydrogens is 623 g/mol. The van der Waals surface area contributed by atoms with E-state index in [4.69, 9.17) is 15.2 Å². The molecule has 1 aromatic carbocycles. The predicted octanol–water partition coefficient (Wildman–Crippen LogP) is 1.91. The van der Waals surface area contributed by atoms with Crippen LogP contribution in [0.25, 0.3) is 0 Å². The molecule has 6 N–H and O–H groups in total. The van der Waals surface area contributed by atoms with Crippen molar-refractivity contribution < 1.29 is 37.8 Å². The number of hydrogen-bond donors (Lipinski definition) is 5. The van der Waals surface area contributed by atoms with Crippen LogP contribution in [-0.4, -0.2) is 97.2 Å². The van der Waals surface area contributed by atoms with Gasteiger partial charge in [-0.3, -0.25) is 19.2 Å². The van der Waals surface area contributed by atoms with Crippen molar-refractivity contribution in [3.8, 4) is 0 Å².